The fraction of sp³-hybridized carbons (Fsp3) is 0.556. The summed E-state index contributed by atoms with van der Waals surface area (Å²) in [6.07, 6.45) is 0.611. The zero-order chi connectivity index (χ0) is 36.7. The first-order chi connectivity index (χ1) is 24.9. The smallest absolute Gasteiger partial charge is 0.397 e. The highest BCUT2D eigenvalue weighted by molar-refractivity contribution is 6.33. The van der Waals surface area contributed by atoms with Crippen LogP contribution in [0.15, 0.2) is 47.3 Å². The Labute approximate surface area is 305 Å². The minimum Gasteiger partial charge on any atom is -0.397 e. The van der Waals surface area contributed by atoms with Crippen molar-refractivity contribution in [2.45, 2.75) is 81.3 Å². The fourth-order valence-electron chi connectivity index (χ4n) is 8.53. The highest BCUT2D eigenvalue weighted by Gasteiger charge is 2.42. The van der Waals surface area contributed by atoms with Crippen LogP contribution in [-0.2, 0) is 17.4 Å². The predicted octanol–water partition coefficient (Wildman–Crippen LogP) is 4.22. The van der Waals surface area contributed by atoms with Gasteiger partial charge in [0.1, 0.15) is 6.04 Å². The van der Waals surface area contributed by atoms with Crippen molar-refractivity contribution in [3.63, 3.8) is 0 Å². The number of aromatic amines is 1. The highest BCUT2D eigenvalue weighted by atomic mass is 35.5. The predicted molar refractivity (Wildman–Crippen MR) is 191 cm³/mol. The van der Waals surface area contributed by atoms with Crippen LogP contribution in [0.5, 0.6) is 0 Å². The summed E-state index contributed by atoms with van der Waals surface area (Å²) in [4.78, 5) is 51.6. The van der Waals surface area contributed by atoms with Gasteiger partial charge in [-0.2, -0.15) is 13.2 Å². The minimum absolute atomic E-state index is 0.136. The van der Waals surface area contributed by atoms with Gasteiger partial charge < -0.3 is 25.8 Å². The van der Waals surface area contributed by atoms with E-state index in [4.69, 9.17) is 17.3 Å². The molecular formula is C36H45ClF3N9O3. The molecule has 2 unspecified atom stereocenters. The van der Waals surface area contributed by atoms with E-state index in [1.54, 1.807) is 9.80 Å². The number of urea groups is 1. The lowest BCUT2D eigenvalue weighted by Crippen LogP contribution is -2.59. The van der Waals surface area contributed by atoms with E-state index < -0.39 is 29.5 Å². The molecule has 5 heterocycles. The van der Waals surface area contributed by atoms with E-state index in [9.17, 15) is 27.6 Å². The van der Waals surface area contributed by atoms with Gasteiger partial charge in [0.25, 0.3) is 0 Å². The van der Waals surface area contributed by atoms with E-state index in [2.05, 4.69) is 32.2 Å². The number of piperazine rings is 1. The van der Waals surface area contributed by atoms with E-state index in [1.807, 2.05) is 30.3 Å². The lowest BCUT2D eigenvalue weighted by molar-refractivity contribution is -0.137. The van der Waals surface area contributed by atoms with Gasteiger partial charge in [0.05, 0.1) is 22.3 Å². The van der Waals surface area contributed by atoms with Gasteiger partial charge in [-0.25, -0.2) is 14.3 Å². The van der Waals surface area contributed by atoms with E-state index >= 15 is 0 Å². The Kier molecular flexibility index (Phi) is 10.3. The molecule has 12 nitrogen and oxygen atoms in total. The van der Waals surface area contributed by atoms with Crippen molar-refractivity contribution in [1.82, 2.24) is 39.7 Å². The maximum atomic E-state index is 14.1. The number of benzene rings is 2. The summed E-state index contributed by atoms with van der Waals surface area (Å²) in [6, 6.07) is 11.3. The first-order valence-electron chi connectivity index (χ1n) is 18.0. The van der Waals surface area contributed by atoms with E-state index in [0.29, 0.717) is 76.1 Å². The normalized spacial score (nSPS) is 23.9. The molecule has 3 amide bonds. The monoisotopic (exact) mass is 743 g/mol. The Morgan fingerprint density at radius 2 is 1.60 bits per heavy atom. The number of nitrogens with two attached hydrogens (primary N) is 1. The first-order valence-corrected chi connectivity index (χ1v) is 18.4. The number of anilines is 1. The van der Waals surface area contributed by atoms with E-state index in [0.717, 1.165) is 24.5 Å². The molecule has 2 bridgehead atoms. The van der Waals surface area contributed by atoms with Crippen LogP contribution in [-0.4, -0.2) is 117 Å². The molecule has 4 aliphatic heterocycles. The number of likely N-dealkylation sites (tertiary alicyclic amines) is 1. The lowest BCUT2D eigenvalue weighted by atomic mass is 9.95. The second-order valence-corrected chi connectivity index (χ2v) is 15.0. The topological polar surface area (TPSA) is 136 Å². The molecule has 4 fully saturated rings. The Morgan fingerprint density at radius 1 is 0.942 bits per heavy atom. The van der Waals surface area contributed by atoms with Gasteiger partial charge in [0, 0.05) is 69.4 Å². The maximum absolute atomic E-state index is 14.1. The quantitative estimate of drug-likeness (QED) is 0.309. The molecule has 1 aromatic heterocycles. The first kappa shape index (κ1) is 36.3. The fourth-order valence-corrected chi connectivity index (χ4v) is 8.78. The summed E-state index contributed by atoms with van der Waals surface area (Å²) in [7, 11) is 2.21. The van der Waals surface area contributed by atoms with Crippen LogP contribution in [0.4, 0.5) is 23.7 Å². The molecule has 3 atom stereocenters. The molecule has 2 aromatic carbocycles. The molecule has 0 saturated carbocycles. The van der Waals surface area contributed by atoms with Crippen molar-refractivity contribution < 1.29 is 22.8 Å². The molecule has 280 valence electrons. The molecule has 3 aromatic rings. The van der Waals surface area contributed by atoms with Crippen LogP contribution in [0.1, 0.15) is 55.7 Å². The second-order valence-electron chi connectivity index (χ2n) is 14.6. The molecule has 0 aliphatic carbocycles. The number of hydrogen-bond donors (Lipinski definition) is 3. The number of nitrogen functional groups attached to an aromatic ring is 1. The number of rotatable bonds is 7. The number of nitrogens with one attached hydrogen (secondary N) is 2. The molecule has 16 heteroatoms. The van der Waals surface area contributed by atoms with Gasteiger partial charge in [-0.05, 0) is 63.3 Å². The van der Waals surface area contributed by atoms with Crippen LogP contribution in [0, 0.1) is 0 Å². The summed E-state index contributed by atoms with van der Waals surface area (Å²) in [5.41, 5.74) is 4.59. The molecule has 0 radical (unpaired) electrons. The standard InChI is InChI=1S/C36H45ClF3N9O3/c1-45-25-7-8-26(45)21-27(20-25)46-13-15-47(16-14-46)33(50)30(19-22-17-28(36(38,39)40)31(41)29(37)18-22)42-34(51)48-11-9-24(10-12-48)49-35(52)43-32(44-49)23-5-3-2-4-6-23/h2-6,17-18,24-27,30H,7-16,19-21,41H2,1H3,(H,42,51)(H,43,44,52)/t25?,26?,27?,30-/m1/s1. The number of alkyl halides is 3. The van der Waals surface area contributed by atoms with E-state index in [1.165, 1.54) is 23.6 Å². The molecular weight excluding hydrogens is 699 g/mol. The zero-order valence-electron chi connectivity index (χ0n) is 29.1. The molecule has 4 N–H and O–H groups in total. The number of nitrogens with zero attached hydrogens (tertiary/aromatic N) is 6. The Morgan fingerprint density at radius 3 is 2.23 bits per heavy atom. The van der Waals surface area contributed by atoms with Gasteiger partial charge in [-0.15, -0.1) is 5.10 Å². The van der Waals surface area contributed by atoms with Gasteiger partial charge >= 0.3 is 17.9 Å². The number of halogens is 4. The van der Waals surface area contributed by atoms with Crippen molar-refractivity contribution in [2.75, 3.05) is 52.0 Å². The second kappa shape index (κ2) is 14.7. The van der Waals surface area contributed by atoms with Crippen LogP contribution >= 0.6 is 11.6 Å². The van der Waals surface area contributed by atoms with Gasteiger partial charge in [0.15, 0.2) is 5.82 Å². The largest absolute Gasteiger partial charge is 0.418 e. The Hall–Kier alpha value is -4.08. The summed E-state index contributed by atoms with van der Waals surface area (Å²) in [6.45, 7) is 2.88. The molecule has 4 saturated heterocycles. The molecule has 7 rings (SSSR count). The van der Waals surface area contributed by atoms with E-state index in [-0.39, 0.29) is 34.6 Å². The number of carbonyl (C=O) groups excluding carboxylic acids is 2. The third-order valence-corrected chi connectivity index (χ3v) is 11.8. The third-order valence-electron chi connectivity index (χ3n) is 11.5. The average molecular weight is 744 g/mol. The number of fused-ring (bicyclic) bond motifs is 2. The number of amides is 3. The van der Waals surface area contributed by atoms with Crippen LogP contribution in [0.3, 0.4) is 0 Å². The van der Waals surface area contributed by atoms with Gasteiger partial charge in [-0.3, -0.25) is 14.7 Å². The summed E-state index contributed by atoms with van der Waals surface area (Å²) < 4.78 is 43.0. The Bertz CT molecular complexity index is 1810. The Balaban J connectivity index is 1.03. The summed E-state index contributed by atoms with van der Waals surface area (Å²) in [5.74, 6) is 0.104. The van der Waals surface area contributed by atoms with Crippen molar-refractivity contribution in [3.05, 3.63) is 69.1 Å². The van der Waals surface area contributed by atoms with Crippen LogP contribution in [0.2, 0.25) is 5.02 Å². The summed E-state index contributed by atoms with van der Waals surface area (Å²) >= 11 is 6.14. The summed E-state index contributed by atoms with van der Waals surface area (Å²) in [5, 5.41) is 7.08. The zero-order valence-corrected chi connectivity index (χ0v) is 29.9. The third kappa shape index (κ3) is 7.53. The highest BCUT2D eigenvalue weighted by Crippen LogP contribution is 2.39. The molecule has 0 spiro atoms. The SMILES string of the molecule is CN1C2CCC1CC(N1CCN(C(=O)[C@@H](Cc3cc(Cl)c(N)c(C(F)(F)F)c3)NC(=O)N3CCC(n4nc(-c5ccccc5)[nH]c4=O)CC3)CC1)C2. The van der Waals surface area contributed by atoms with Gasteiger partial charge in [-0.1, -0.05) is 41.9 Å². The van der Waals surface area contributed by atoms with Crippen molar-refractivity contribution in [1.29, 1.82) is 0 Å². The number of H-pyrrole nitrogens is 1. The molecule has 52 heavy (non-hydrogen) atoms. The van der Waals surface area contributed by atoms with Crippen molar-refractivity contribution >= 4 is 29.2 Å². The number of hydrogen-bond acceptors (Lipinski definition) is 7. The maximum Gasteiger partial charge on any atom is 0.418 e. The van der Waals surface area contributed by atoms with Crippen molar-refractivity contribution in [2.24, 2.45) is 0 Å². The lowest BCUT2D eigenvalue weighted by Gasteiger charge is -2.45. The number of piperidine rings is 2. The van der Waals surface area contributed by atoms with Gasteiger partial charge in [0.2, 0.25) is 5.91 Å². The van der Waals surface area contributed by atoms with Crippen molar-refractivity contribution in [3.8, 4) is 11.4 Å². The molecule has 4 aliphatic rings. The number of carbonyl (C=O) groups is 2. The number of aromatic nitrogens is 3. The minimum atomic E-state index is -4.75. The average Bonchev–Trinajstić information content (AvgIpc) is 3.60. The van der Waals surface area contributed by atoms with Crippen LogP contribution < -0.4 is 16.7 Å². The van der Waals surface area contributed by atoms with Crippen LogP contribution in [0.25, 0.3) is 11.4 Å².